The van der Waals surface area contributed by atoms with E-state index in [1.165, 1.54) is 30.4 Å². The molecular formula is C22H32O2. The first-order valence-electron chi connectivity index (χ1n) is 9.55. The molecule has 2 nitrogen and oxygen atoms in total. The number of allylic oxidation sites excluding steroid dienone is 2. The van der Waals surface area contributed by atoms with Gasteiger partial charge in [0.1, 0.15) is 17.1 Å². The first-order valence-corrected chi connectivity index (χ1v) is 9.55. The van der Waals surface area contributed by atoms with Crippen LogP contribution in [0, 0.1) is 12.8 Å². The Kier molecular flexibility index (Phi) is 4.68. The van der Waals surface area contributed by atoms with Crippen LogP contribution in [-0.4, -0.2) is 10.7 Å². The second kappa shape index (κ2) is 6.46. The fourth-order valence-corrected chi connectivity index (χ4v) is 4.58. The van der Waals surface area contributed by atoms with Crippen LogP contribution in [0.3, 0.4) is 0 Å². The molecule has 132 valence electrons. The van der Waals surface area contributed by atoms with E-state index in [4.69, 9.17) is 4.74 Å². The Morgan fingerprint density at radius 3 is 2.71 bits per heavy atom. The van der Waals surface area contributed by atoms with Crippen molar-refractivity contribution in [2.24, 2.45) is 5.92 Å². The number of rotatable bonds is 4. The van der Waals surface area contributed by atoms with Gasteiger partial charge in [-0.15, -0.1) is 0 Å². The first kappa shape index (κ1) is 17.4. The molecule has 0 fully saturated rings. The smallest absolute Gasteiger partial charge is 0.127 e. The summed E-state index contributed by atoms with van der Waals surface area (Å²) in [4.78, 5) is 0. The fraction of sp³-hybridized carbons (Fsp3) is 0.636. The first-order chi connectivity index (χ1) is 11.3. The van der Waals surface area contributed by atoms with Crippen molar-refractivity contribution < 1.29 is 9.84 Å². The number of unbranched alkanes of at least 4 members (excludes halogenated alkanes) is 2. The minimum Gasteiger partial charge on any atom is -0.507 e. The number of aryl methyl sites for hydroxylation is 1. The van der Waals surface area contributed by atoms with Crippen molar-refractivity contribution in [1.29, 1.82) is 0 Å². The Balaban J connectivity index is 2.03. The number of hydrogen-bond donors (Lipinski definition) is 1. The molecule has 1 N–H and O–H groups in total. The molecule has 0 aromatic heterocycles. The van der Waals surface area contributed by atoms with Crippen molar-refractivity contribution in [3.8, 4) is 11.5 Å². The van der Waals surface area contributed by atoms with Crippen LogP contribution < -0.4 is 4.74 Å². The van der Waals surface area contributed by atoms with Gasteiger partial charge in [0, 0.05) is 17.4 Å². The Morgan fingerprint density at radius 1 is 1.25 bits per heavy atom. The van der Waals surface area contributed by atoms with E-state index in [0.29, 0.717) is 17.6 Å². The Hall–Kier alpha value is -1.44. The molecule has 0 saturated carbocycles. The molecule has 24 heavy (non-hydrogen) atoms. The van der Waals surface area contributed by atoms with Crippen LogP contribution in [-0.2, 0) is 6.42 Å². The van der Waals surface area contributed by atoms with Gasteiger partial charge in [0.2, 0.25) is 0 Å². The van der Waals surface area contributed by atoms with Gasteiger partial charge in [0.15, 0.2) is 0 Å². The summed E-state index contributed by atoms with van der Waals surface area (Å²) < 4.78 is 6.42. The maximum Gasteiger partial charge on any atom is 0.127 e. The molecule has 0 bridgehead atoms. The van der Waals surface area contributed by atoms with Crippen molar-refractivity contribution in [1.82, 2.24) is 0 Å². The summed E-state index contributed by atoms with van der Waals surface area (Å²) >= 11 is 0. The Bertz CT molecular complexity index is 654. The van der Waals surface area contributed by atoms with E-state index in [1.807, 2.05) is 0 Å². The monoisotopic (exact) mass is 328 g/mol. The highest BCUT2D eigenvalue weighted by Gasteiger charge is 2.46. The van der Waals surface area contributed by atoms with Gasteiger partial charge in [-0.3, -0.25) is 0 Å². The third-order valence-corrected chi connectivity index (χ3v) is 6.10. The van der Waals surface area contributed by atoms with Gasteiger partial charge >= 0.3 is 0 Å². The van der Waals surface area contributed by atoms with Gasteiger partial charge in [-0.05, 0) is 70.6 Å². The number of phenols is 1. The summed E-state index contributed by atoms with van der Waals surface area (Å²) in [5.41, 5.74) is 4.61. The molecule has 0 amide bonds. The van der Waals surface area contributed by atoms with Gasteiger partial charge < -0.3 is 9.84 Å². The van der Waals surface area contributed by atoms with Gasteiger partial charge in [-0.1, -0.05) is 31.4 Å². The van der Waals surface area contributed by atoms with Crippen molar-refractivity contribution in [2.45, 2.75) is 84.7 Å². The Labute approximate surface area is 146 Å². The Morgan fingerprint density at radius 2 is 2.00 bits per heavy atom. The highest BCUT2D eigenvalue weighted by molar-refractivity contribution is 5.57. The number of fused-ring (bicyclic) bond motifs is 3. The summed E-state index contributed by atoms with van der Waals surface area (Å²) in [6.07, 6.45) is 9.07. The average Bonchev–Trinajstić information content (AvgIpc) is 2.51. The number of phenolic OH excluding ortho intramolecular Hbond substituents is 1. The van der Waals surface area contributed by atoms with Gasteiger partial charge in [0.05, 0.1) is 0 Å². The largest absolute Gasteiger partial charge is 0.507 e. The summed E-state index contributed by atoms with van der Waals surface area (Å²) in [6, 6.07) is 2.21. The normalized spacial score (nSPS) is 24.6. The second-order valence-corrected chi connectivity index (χ2v) is 8.29. The van der Waals surface area contributed by atoms with Gasteiger partial charge in [-0.2, -0.15) is 0 Å². The van der Waals surface area contributed by atoms with Crippen LogP contribution in [0.1, 0.15) is 82.4 Å². The summed E-state index contributed by atoms with van der Waals surface area (Å²) in [6.45, 7) is 10.9. The van der Waals surface area contributed by atoms with E-state index in [1.54, 1.807) is 0 Å². The molecule has 0 saturated heterocycles. The highest BCUT2D eigenvalue weighted by atomic mass is 16.5. The van der Waals surface area contributed by atoms with Crippen molar-refractivity contribution in [3.63, 3.8) is 0 Å². The molecule has 2 aliphatic rings. The predicted molar refractivity (Wildman–Crippen MR) is 100 cm³/mol. The number of ether oxygens (including phenoxy) is 1. The number of aromatic hydroxyl groups is 1. The SMILES string of the molecule is CCCCCc1cc2c(c(O)c1C)[C@@H]1CC(C)=CC[C@H]1C(C)(C)O2. The van der Waals surface area contributed by atoms with Crippen LogP contribution in [0.25, 0.3) is 0 Å². The van der Waals surface area contributed by atoms with Crippen LogP contribution in [0.15, 0.2) is 17.7 Å². The average molecular weight is 328 g/mol. The standard InChI is InChI=1S/C22H32O2/c1-6-7-8-9-16-13-19-20(21(23)15(16)3)17-12-14(2)10-11-18(17)22(4,5)24-19/h10,13,17-18,23H,6-9,11-12H2,1-5H3/t17-,18-/m1/s1. The van der Waals surface area contributed by atoms with E-state index >= 15 is 0 Å². The summed E-state index contributed by atoms with van der Waals surface area (Å²) in [7, 11) is 0. The third-order valence-electron chi connectivity index (χ3n) is 6.10. The molecule has 3 rings (SSSR count). The molecule has 0 spiro atoms. The van der Waals surface area contributed by atoms with E-state index in [9.17, 15) is 5.11 Å². The summed E-state index contributed by atoms with van der Waals surface area (Å²) in [5, 5.41) is 11.0. The number of hydrogen-bond acceptors (Lipinski definition) is 2. The van der Waals surface area contributed by atoms with Crippen molar-refractivity contribution in [3.05, 3.63) is 34.4 Å². The molecule has 1 aromatic carbocycles. The second-order valence-electron chi connectivity index (χ2n) is 8.29. The lowest BCUT2D eigenvalue weighted by molar-refractivity contribution is 0.00746. The zero-order chi connectivity index (χ0) is 17.5. The van der Waals surface area contributed by atoms with E-state index < -0.39 is 0 Å². The maximum absolute atomic E-state index is 11.0. The molecule has 2 atom stereocenters. The minimum atomic E-state index is -0.183. The zero-order valence-electron chi connectivity index (χ0n) is 15.9. The van der Waals surface area contributed by atoms with Gasteiger partial charge in [0.25, 0.3) is 0 Å². The highest BCUT2D eigenvalue weighted by Crippen LogP contribution is 2.55. The van der Waals surface area contributed by atoms with E-state index in [0.717, 1.165) is 36.1 Å². The lowest BCUT2D eigenvalue weighted by Gasteiger charge is -2.47. The zero-order valence-corrected chi connectivity index (χ0v) is 15.9. The van der Waals surface area contributed by atoms with Crippen LogP contribution in [0.2, 0.25) is 0 Å². The van der Waals surface area contributed by atoms with E-state index in [2.05, 4.69) is 46.8 Å². The minimum absolute atomic E-state index is 0.183. The van der Waals surface area contributed by atoms with Crippen LogP contribution in [0.4, 0.5) is 0 Å². The number of benzene rings is 1. The predicted octanol–water partition coefficient (Wildman–Crippen LogP) is 6.04. The van der Waals surface area contributed by atoms with Gasteiger partial charge in [-0.25, -0.2) is 0 Å². The fourth-order valence-electron chi connectivity index (χ4n) is 4.58. The topological polar surface area (TPSA) is 29.5 Å². The molecular weight excluding hydrogens is 296 g/mol. The van der Waals surface area contributed by atoms with Crippen molar-refractivity contribution >= 4 is 0 Å². The molecule has 1 aromatic rings. The van der Waals surface area contributed by atoms with E-state index in [-0.39, 0.29) is 5.60 Å². The lowest BCUT2D eigenvalue weighted by Crippen LogP contribution is -2.45. The van der Waals surface area contributed by atoms with Crippen molar-refractivity contribution in [2.75, 3.05) is 0 Å². The third kappa shape index (κ3) is 2.96. The maximum atomic E-state index is 11.0. The molecule has 0 unspecified atom stereocenters. The van der Waals surface area contributed by atoms with Crippen LogP contribution >= 0.6 is 0 Å². The molecule has 1 aliphatic heterocycles. The molecule has 1 aliphatic carbocycles. The van der Waals surface area contributed by atoms with Crippen LogP contribution in [0.5, 0.6) is 11.5 Å². The summed E-state index contributed by atoms with van der Waals surface area (Å²) in [5.74, 6) is 2.21. The quantitative estimate of drug-likeness (QED) is 0.539. The molecule has 2 heteroatoms. The molecule has 1 heterocycles. The lowest BCUT2D eigenvalue weighted by atomic mass is 9.67. The molecule has 0 radical (unpaired) electrons.